The van der Waals surface area contributed by atoms with Crippen LogP contribution in [0.3, 0.4) is 0 Å². The van der Waals surface area contributed by atoms with Gasteiger partial charge in [0.15, 0.2) is 0 Å². The summed E-state index contributed by atoms with van der Waals surface area (Å²) >= 11 is 0. The van der Waals surface area contributed by atoms with Crippen molar-refractivity contribution in [3.63, 3.8) is 0 Å². The van der Waals surface area contributed by atoms with E-state index >= 15 is 0 Å². The van der Waals surface area contributed by atoms with Crippen LogP contribution in [0.5, 0.6) is 0 Å². The van der Waals surface area contributed by atoms with Crippen LogP contribution in [0.1, 0.15) is 121 Å². The lowest BCUT2D eigenvalue weighted by molar-refractivity contribution is 0.810. The molecule has 0 unspecified atom stereocenters. The first-order valence-electron chi connectivity index (χ1n) is 17.9. The van der Waals surface area contributed by atoms with E-state index in [9.17, 15) is 0 Å². The maximum Gasteiger partial charge on any atom is 0.327 e. The van der Waals surface area contributed by atoms with E-state index in [0.29, 0.717) is 23.7 Å². The zero-order valence-corrected chi connectivity index (χ0v) is 31.4. The van der Waals surface area contributed by atoms with Crippen LogP contribution in [0.15, 0.2) is 91.3 Å². The highest BCUT2D eigenvalue weighted by atomic mass is 15.1. The molecule has 0 spiro atoms. The zero-order chi connectivity index (χ0) is 35.4. The number of aryl methyl sites for hydroxylation is 1. The Labute approximate surface area is 295 Å². The van der Waals surface area contributed by atoms with Gasteiger partial charge in [-0.15, -0.1) is 0 Å². The summed E-state index contributed by atoms with van der Waals surface area (Å²) in [6, 6.07) is 28.9. The molecule has 0 amide bonds. The van der Waals surface area contributed by atoms with Gasteiger partial charge < -0.3 is 0 Å². The van der Waals surface area contributed by atoms with E-state index in [4.69, 9.17) is 9.97 Å². The molecule has 4 heteroatoms. The molecule has 0 radical (unpaired) electrons. The monoisotopic (exact) mass is 650 g/mol. The van der Waals surface area contributed by atoms with Gasteiger partial charge in [-0.3, -0.25) is 0 Å². The minimum Gasteiger partial charge on any atom is -0.200 e. The highest BCUT2D eigenvalue weighted by Gasteiger charge is 2.27. The van der Waals surface area contributed by atoms with E-state index < -0.39 is 0 Å². The van der Waals surface area contributed by atoms with Gasteiger partial charge in [-0.05, 0) is 125 Å². The van der Waals surface area contributed by atoms with Crippen LogP contribution < -0.4 is 9.15 Å². The van der Waals surface area contributed by atoms with Crippen molar-refractivity contribution in [2.45, 2.75) is 99.8 Å². The third-order valence-corrected chi connectivity index (χ3v) is 9.50. The molecule has 3 aromatic carbocycles. The molecule has 49 heavy (non-hydrogen) atoms. The van der Waals surface area contributed by atoms with E-state index in [2.05, 4.69) is 164 Å². The van der Waals surface area contributed by atoms with Crippen LogP contribution in [-0.2, 0) is 0 Å². The van der Waals surface area contributed by atoms with Crippen molar-refractivity contribution in [3.8, 4) is 22.3 Å². The Morgan fingerprint density at radius 2 is 0.898 bits per heavy atom. The first-order chi connectivity index (χ1) is 23.5. The largest absolute Gasteiger partial charge is 0.327 e. The fourth-order valence-electron chi connectivity index (χ4n) is 6.86. The molecular weight excluding hydrogens is 597 g/mol. The molecule has 0 aliphatic carbocycles. The molecule has 0 saturated carbocycles. The van der Waals surface area contributed by atoms with Gasteiger partial charge in [-0.1, -0.05) is 79.7 Å². The van der Waals surface area contributed by atoms with Gasteiger partial charge >= 0.3 is 11.6 Å². The normalized spacial score (nSPS) is 12.6. The average Bonchev–Trinajstić information content (AvgIpc) is 3.09. The van der Waals surface area contributed by atoms with Crippen LogP contribution in [0.4, 0.5) is 23.0 Å². The maximum absolute atomic E-state index is 4.73. The number of pyridine rings is 2. The number of rotatable bonds is 10. The lowest BCUT2D eigenvalue weighted by Gasteiger charge is -2.22. The molecular formula is C45H54N4+2. The molecule has 0 bridgehead atoms. The van der Waals surface area contributed by atoms with Crippen LogP contribution in [0, 0.1) is 6.92 Å². The summed E-state index contributed by atoms with van der Waals surface area (Å²) in [5.41, 5.74) is 14.1. The second-order valence-corrected chi connectivity index (χ2v) is 14.3. The second kappa shape index (κ2) is 15.2. The Hall–Kier alpha value is -4.70. The summed E-state index contributed by atoms with van der Waals surface area (Å²) in [5.74, 6) is 3.19. The van der Waals surface area contributed by atoms with E-state index in [1.54, 1.807) is 0 Å². The van der Waals surface area contributed by atoms with Crippen LogP contribution in [0.25, 0.3) is 22.3 Å². The van der Waals surface area contributed by atoms with E-state index in [1.165, 1.54) is 61.4 Å². The SMILES string of the molecule is CC=[N+](c1ccccn1)c1c(C(C)C)cc(-c2ccc(C)c(-c3cc(C(C)C)c([N+](=CC)c4ccccn4)c(C(C)C)c3)c2)cc1C(C)C. The molecule has 5 aromatic rings. The minimum absolute atomic E-state index is 0.328. The van der Waals surface area contributed by atoms with Crippen LogP contribution in [0.2, 0.25) is 0 Å². The van der Waals surface area contributed by atoms with Gasteiger partial charge in [-0.25, -0.2) is 9.15 Å². The smallest absolute Gasteiger partial charge is 0.200 e. The van der Waals surface area contributed by atoms with E-state index in [0.717, 1.165) is 11.6 Å². The van der Waals surface area contributed by atoms with Gasteiger partial charge in [0.25, 0.3) is 0 Å². The number of benzene rings is 3. The molecule has 0 saturated heterocycles. The van der Waals surface area contributed by atoms with E-state index in [-0.39, 0.29) is 0 Å². The Morgan fingerprint density at radius 1 is 0.490 bits per heavy atom. The van der Waals surface area contributed by atoms with Gasteiger partial charge in [0.05, 0.1) is 12.4 Å². The Kier molecular flexibility index (Phi) is 11.1. The fraction of sp³-hybridized carbons (Fsp3) is 0.333. The third kappa shape index (κ3) is 7.34. The predicted molar refractivity (Wildman–Crippen MR) is 213 cm³/mol. The summed E-state index contributed by atoms with van der Waals surface area (Å²) in [6.07, 6.45) is 8.04. The van der Waals surface area contributed by atoms with Gasteiger partial charge in [0.2, 0.25) is 0 Å². The molecule has 0 aliphatic rings. The summed E-state index contributed by atoms with van der Waals surface area (Å²) < 4.78 is 4.53. The molecule has 5 rings (SSSR count). The van der Waals surface area contributed by atoms with Crippen LogP contribution in [-0.4, -0.2) is 22.4 Å². The van der Waals surface area contributed by atoms with Crippen molar-refractivity contribution in [1.82, 2.24) is 19.1 Å². The summed E-state index contributed by atoms with van der Waals surface area (Å²) in [4.78, 5) is 9.46. The van der Waals surface area contributed by atoms with E-state index in [1.807, 2.05) is 24.5 Å². The molecule has 252 valence electrons. The van der Waals surface area contributed by atoms with Crippen molar-refractivity contribution in [2.24, 2.45) is 0 Å². The lowest BCUT2D eigenvalue weighted by Crippen LogP contribution is -2.13. The molecule has 0 aliphatic heterocycles. The van der Waals surface area contributed by atoms with Crippen molar-refractivity contribution in [1.29, 1.82) is 0 Å². The van der Waals surface area contributed by atoms with Crippen molar-refractivity contribution < 1.29 is 0 Å². The van der Waals surface area contributed by atoms with Crippen molar-refractivity contribution in [3.05, 3.63) is 119 Å². The van der Waals surface area contributed by atoms with Crippen LogP contribution >= 0.6 is 0 Å². The summed E-state index contributed by atoms with van der Waals surface area (Å²) in [6.45, 7) is 24.8. The number of nitrogens with zero attached hydrogens (tertiary/aromatic N) is 4. The molecule has 0 N–H and O–H groups in total. The molecule has 0 atom stereocenters. The Balaban J connectivity index is 1.72. The number of hydrogen-bond acceptors (Lipinski definition) is 2. The zero-order valence-electron chi connectivity index (χ0n) is 31.4. The second-order valence-electron chi connectivity index (χ2n) is 14.3. The summed E-state index contributed by atoms with van der Waals surface area (Å²) in [7, 11) is 0. The first kappa shape index (κ1) is 35.6. The summed E-state index contributed by atoms with van der Waals surface area (Å²) in [5, 5.41) is 0. The highest BCUT2D eigenvalue weighted by molar-refractivity contribution is 5.82. The maximum atomic E-state index is 4.73. The number of hydrogen-bond donors (Lipinski definition) is 0. The van der Waals surface area contributed by atoms with Gasteiger partial charge in [-0.2, -0.15) is 0 Å². The third-order valence-electron chi connectivity index (χ3n) is 9.50. The minimum atomic E-state index is 0.328. The highest BCUT2D eigenvalue weighted by Crippen LogP contribution is 2.43. The molecule has 4 nitrogen and oxygen atoms in total. The van der Waals surface area contributed by atoms with Gasteiger partial charge in [0.1, 0.15) is 23.8 Å². The Bertz CT molecular complexity index is 1920. The quantitative estimate of drug-likeness (QED) is 0.111. The first-order valence-corrected chi connectivity index (χ1v) is 17.9. The fourth-order valence-corrected chi connectivity index (χ4v) is 6.86. The Morgan fingerprint density at radius 3 is 1.24 bits per heavy atom. The predicted octanol–water partition coefficient (Wildman–Crippen LogP) is 12.5. The van der Waals surface area contributed by atoms with Gasteiger partial charge in [0, 0.05) is 34.4 Å². The number of aromatic nitrogens is 2. The lowest BCUT2D eigenvalue weighted by atomic mass is 9.85. The van der Waals surface area contributed by atoms with Crippen molar-refractivity contribution in [2.75, 3.05) is 0 Å². The van der Waals surface area contributed by atoms with Crippen molar-refractivity contribution >= 4 is 35.4 Å². The molecule has 0 fully saturated rings. The average molecular weight is 651 g/mol. The molecule has 2 heterocycles. The standard InChI is InChI=1S/C45H54N4/c1-12-48(42-18-14-16-22-46-42)44-37(29(3)4)25-35(26-38(44)30(5)6)34-21-20-33(11)41(24-34)36-27-39(31(7)8)45(40(28-36)32(9)10)49(13-2)43-19-15-17-23-47-43/h12-32H,1-11H3/q+2. The topological polar surface area (TPSA) is 31.8 Å². The molecule has 2 aromatic heterocycles.